The van der Waals surface area contributed by atoms with Crippen LogP contribution in [0, 0.1) is 0 Å². The zero-order valence-electron chi connectivity index (χ0n) is 20.4. The van der Waals surface area contributed by atoms with Gasteiger partial charge < -0.3 is 20.1 Å². The van der Waals surface area contributed by atoms with Crippen molar-refractivity contribution in [1.29, 1.82) is 0 Å². The normalized spacial score (nSPS) is 15.1. The molecule has 0 unspecified atom stereocenters. The van der Waals surface area contributed by atoms with Gasteiger partial charge in [-0.15, -0.1) is 0 Å². The summed E-state index contributed by atoms with van der Waals surface area (Å²) in [5.41, 5.74) is 0.849. The van der Waals surface area contributed by atoms with Crippen molar-refractivity contribution in [3.05, 3.63) is 84.4 Å². The minimum atomic E-state index is -4.07. The number of carbonyl (C=O) groups excluding carboxylic acids is 2. The third-order valence-electron chi connectivity index (χ3n) is 5.94. The maximum absolute atomic E-state index is 13.5. The van der Waals surface area contributed by atoms with Crippen molar-refractivity contribution >= 4 is 33.2 Å². The van der Waals surface area contributed by atoms with Crippen LogP contribution in [0.3, 0.4) is 0 Å². The van der Waals surface area contributed by atoms with Gasteiger partial charge in [-0.25, -0.2) is 8.42 Å². The topological polar surface area (TPSA) is 114 Å². The Morgan fingerprint density at radius 1 is 1.00 bits per heavy atom. The molecule has 10 heteroatoms. The van der Waals surface area contributed by atoms with E-state index < -0.39 is 22.5 Å². The maximum Gasteiger partial charge on any atom is 0.264 e. The number of nitrogens with zero attached hydrogens (tertiary/aromatic N) is 1. The summed E-state index contributed by atoms with van der Waals surface area (Å²) < 4.78 is 38.7. The molecule has 0 spiro atoms. The molecule has 1 saturated heterocycles. The van der Waals surface area contributed by atoms with Crippen LogP contribution in [0.5, 0.6) is 5.75 Å². The highest BCUT2D eigenvalue weighted by molar-refractivity contribution is 7.92. The predicted octanol–water partition coefficient (Wildman–Crippen LogP) is 3.44. The summed E-state index contributed by atoms with van der Waals surface area (Å²) in [6.07, 6.45) is 1.83. The Kier molecular flexibility index (Phi) is 8.42. The molecule has 1 fully saturated rings. The average Bonchev–Trinajstić information content (AvgIpc) is 3.45. The number of methoxy groups -OCH3 is 1. The van der Waals surface area contributed by atoms with Gasteiger partial charge in [-0.1, -0.05) is 30.3 Å². The number of hydrogen-bond acceptors (Lipinski definition) is 6. The fraction of sp³-hybridized carbons (Fsp3) is 0.259. The number of sulfonamides is 1. The maximum atomic E-state index is 13.5. The van der Waals surface area contributed by atoms with Gasteiger partial charge in [-0.2, -0.15) is 0 Å². The monoisotopic (exact) mass is 523 g/mol. The molecule has 0 saturated carbocycles. The van der Waals surface area contributed by atoms with Gasteiger partial charge in [-0.3, -0.25) is 13.9 Å². The zero-order valence-corrected chi connectivity index (χ0v) is 21.2. The first-order valence-corrected chi connectivity index (χ1v) is 13.3. The molecule has 2 N–H and O–H groups in total. The Morgan fingerprint density at radius 2 is 1.70 bits per heavy atom. The minimum Gasteiger partial charge on any atom is -0.497 e. The molecule has 194 valence electrons. The Balaban J connectivity index is 1.54. The standard InChI is InChI=1S/C27H29N3O6S/c1-35-21-15-13-20(14-16-21)30(37(33,34)23-9-3-2-4-10-23)19-26(31)29-25-12-6-5-11-24(25)27(32)28-18-22-8-7-17-36-22/h2-6,9-16,22H,7-8,17-19H2,1H3,(H,28,32)(H,29,31)/t22-/m0/s1. The fourth-order valence-corrected chi connectivity index (χ4v) is 5.44. The summed E-state index contributed by atoms with van der Waals surface area (Å²) in [7, 11) is -2.56. The summed E-state index contributed by atoms with van der Waals surface area (Å²) in [4.78, 5) is 26.0. The van der Waals surface area contributed by atoms with Gasteiger partial charge in [0.1, 0.15) is 12.3 Å². The van der Waals surface area contributed by atoms with Gasteiger partial charge in [-0.05, 0) is 61.4 Å². The van der Waals surface area contributed by atoms with Gasteiger partial charge in [0.05, 0.1) is 35.0 Å². The number of benzene rings is 3. The summed E-state index contributed by atoms with van der Waals surface area (Å²) in [6.45, 7) is 0.556. The highest BCUT2D eigenvalue weighted by Gasteiger charge is 2.28. The third-order valence-corrected chi connectivity index (χ3v) is 7.73. The Morgan fingerprint density at radius 3 is 2.38 bits per heavy atom. The molecule has 0 bridgehead atoms. The molecular weight excluding hydrogens is 494 g/mol. The van der Waals surface area contributed by atoms with E-state index in [1.165, 1.54) is 19.2 Å². The summed E-state index contributed by atoms with van der Waals surface area (Å²) in [5.74, 6) is -0.404. The van der Waals surface area contributed by atoms with Crippen LogP contribution in [-0.4, -0.2) is 53.1 Å². The fourth-order valence-electron chi connectivity index (χ4n) is 4.00. The number of carbonyl (C=O) groups is 2. The van der Waals surface area contributed by atoms with Gasteiger partial charge in [0.25, 0.3) is 15.9 Å². The number of para-hydroxylation sites is 1. The van der Waals surface area contributed by atoms with Crippen molar-refractivity contribution in [3.8, 4) is 5.75 Å². The van der Waals surface area contributed by atoms with Crippen LogP contribution in [0.2, 0.25) is 0 Å². The highest BCUT2D eigenvalue weighted by Crippen LogP contribution is 2.26. The van der Waals surface area contributed by atoms with Gasteiger partial charge >= 0.3 is 0 Å². The van der Waals surface area contributed by atoms with Crippen molar-refractivity contribution in [2.24, 2.45) is 0 Å². The minimum absolute atomic E-state index is 0.0213. The Bertz CT molecular complexity index is 1320. The average molecular weight is 524 g/mol. The SMILES string of the molecule is COc1ccc(N(CC(=O)Nc2ccccc2C(=O)NC[C@@H]2CCCO2)S(=O)(=O)c2ccccc2)cc1. The van der Waals surface area contributed by atoms with E-state index in [0.717, 1.165) is 17.1 Å². The van der Waals surface area contributed by atoms with E-state index >= 15 is 0 Å². The molecule has 1 heterocycles. The lowest BCUT2D eigenvalue weighted by atomic mass is 10.1. The lowest BCUT2D eigenvalue weighted by Crippen LogP contribution is -2.38. The van der Waals surface area contributed by atoms with Gasteiger partial charge in [0.2, 0.25) is 5.91 Å². The molecule has 0 aromatic heterocycles. The van der Waals surface area contributed by atoms with Crippen LogP contribution >= 0.6 is 0 Å². The summed E-state index contributed by atoms with van der Waals surface area (Å²) in [5, 5.41) is 5.55. The summed E-state index contributed by atoms with van der Waals surface area (Å²) in [6, 6.07) is 20.8. The first-order valence-electron chi connectivity index (χ1n) is 11.9. The zero-order chi connectivity index (χ0) is 26.3. The van der Waals surface area contributed by atoms with Crippen molar-refractivity contribution < 1.29 is 27.5 Å². The van der Waals surface area contributed by atoms with Crippen LogP contribution in [0.4, 0.5) is 11.4 Å². The number of rotatable bonds is 10. The van der Waals surface area contributed by atoms with E-state index in [9.17, 15) is 18.0 Å². The number of amides is 2. The second-order valence-electron chi connectivity index (χ2n) is 8.46. The molecule has 37 heavy (non-hydrogen) atoms. The largest absolute Gasteiger partial charge is 0.497 e. The van der Waals surface area contributed by atoms with Gasteiger partial charge in [0.15, 0.2) is 0 Å². The Labute approximate surface area is 216 Å². The molecular formula is C27H29N3O6S. The molecule has 1 aliphatic rings. The second-order valence-corrected chi connectivity index (χ2v) is 10.3. The van der Waals surface area contributed by atoms with Crippen molar-refractivity contribution in [3.63, 3.8) is 0 Å². The quantitative estimate of drug-likeness (QED) is 0.421. The number of nitrogens with one attached hydrogen (secondary N) is 2. The number of hydrogen-bond donors (Lipinski definition) is 2. The lowest BCUT2D eigenvalue weighted by molar-refractivity contribution is -0.114. The molecule has 0 radical (unpaired) electrons. The third kappa shape index (κ3) is 6.46. The van der Waals surface area contributed by atoms with Crippen LogP contribution in [0.15, 0.2) is 83.8 Å². The van der Waals surface area contributed by atoms with Crippen molar-refractivity contribution in [2.45, 2.75) is 23.8 Å². The smallest absolute Gasteiger partial charge is 0.264 e. The molecule has 4 rings (SSSR count). The van der Waals surface area contributed by atoms with E-state index in [4.69, 9.17) is 9.47 Å². The molecule has 9 nitrogen and oxygen atoms in total. The number of ether oxygens (including phenoxy) is 2. The Hall–Kier alpha value is -3.89. The van der Waals surface area contributed by atoms with E-state index in [1.54, 1.807) is 66.7 Å². The lowest BCUT2D eigenvalue weighted by Gasteiger charge is -2.24. The molecule has 3 aromatic rings. The van der Waals surface area contributed by atoms with Crippen LogP contribution in [0.1, 0.15) is 23.2 Å². The van der Waals surface area contributed by atoms with Crippen LogP contribution < -0.4 is 19.7 Å². The first kappa shape index (κ1) is 26.2. The van der Waals surface area contributed by atoms with Crippen molar-refractivity contribution in [2.75, 3.05) is 36.4 Å². The molecule has 2 amide bonds. The molecule has 3 aromatic carbocycles. The van der Waals surface area contributed by atoms with E-state index in [-0.39, 0.29) is 28.2 Å². The highest BCUT2D eigenvalue weighted by atomic mass is 32.2. The van der Waals surface area contributed by atoms with Crippen molar-refractivity contribution in [1.82, 2.24) is 5.32 Å². The molecule has 1 atom stereocenters. The molecule has 0 aliphatic carbocycles. The van der Waals surface area contributed by atoms with Crippen LogP contribution in [-0.2, 0) is 19.6 Å². The summed E-state index contributed by atoms with van der Waals surface area (Å²) >= 11 is 0. The van der Waals surface area contributed by atoms with Gasteiger partial charge in [0, 0.05) is 13.2 Å². The van der Waals surface area contributed by atoms with Crippen LogP contribution in [0.25, 0.3) is 0 Å². The molecule has 1 aliphatic heterocycles. The predicted molar refractivity (Wildman–Crippen MR) is 140 cm³/mol. The van der Waals surface area contributed by atoms with E-state index in [1.807, 2.05) is 0 Å². The first-order chi connectivity index (χ1) is 17.9. The van der Waals surface area contributed by atoms with E-state index in [0.29, 0.717) is 24.6 Å². The second kappa shape index (κ2) is 11.9. The number of anilines is 2. The van der Waals surface area contributed by atoms with E-state index in [2.05, 4.69) is 10.6 Å².